The number of aliphatic imine (C=N–C) groups is 1. The number of aryl methyl sites for hydroxylation is 1. The zero-order valence-electron chi connectivity index (χ0n) is 17.4. The summed E-state index contributed by atoms with van der Waals surface area (Å²) in [4.78, 5) is 24.7. The fourth-order valence-electron chi connectivity index (χ4n) is 3.62. The molecule has 0 saturated carbocycles. The number of hydrogen-bond acceptors (Lipinski definition) is 4. The maximum absolute atomic E-state index is 13.3. The highest BCUT2D eigenvalue weighted by molar-refractivity contribution is 8.18. The molecule has 0 N–H and O–H groups in total. The summed E-state index contributed by atoms with van der Waals surface area (Å²) in [7, 11) is 0. The van der Waals surface area contributed by atoms with Crippen molar-refractivity contribution in [2.75, 3.05) is 0 Å². The number of pyridine rings is 1. The van der Waals surface area contributed by atoms with Gasteiger partial charge in [0, 0.05) is 30.3 Å². The quantitative estimate of drug-likeness (QED) is 0.529. The van der Waals surface area contributed by atoms with Gasteiger partial charge in [-0.15, -0.1) is 0 Å². The summed E-state index contributed by atoms with van der Waals surface area (Å²) in [6, 6.07) is 15.7. The lowest BCUT2D eigenvalue weighted by Crippen LogP contribution is -2.28. The topological polar surface area (TPSA) is 50.5 Å². The van der Waals surface area contributed by atoms with Gasteiger partial charge in [0.25, 0.3) is 5.91 Å². The predicted octanol–water partition coefficient (Wildman–Crippen LogP) is 5.32. The molecule has 3 aromatic rings. The van der Waals surface area contributed by atoms with Crippen LogP contribution in [0.4, 0.5) is 5.69 Å². The molecule has 3 heterocycles. The summed E-state index contributed by atoms with van der Waals surface area (Å²) in [5.41, 5.74) is 5.24. The molecule has 4 rings (SSSR count). The van der Waals surface area contributed by atoms with E-state index in [9.17, 15) is 4.79 Å². The van der Waals surface area contributed by atoms with Crippen LogP contribution in [-0.2, 0) is 17.9 Å². The zero-order chi connectivity index (χ0) is 21.1. The standard InChI is InChI=1S/C24H24N4OS/c1-4-27-17(2)13-20(18(27)3)14-22-23(29)28(16-19-9-8-12-25-15-19)24(30-22)26-21-10-6-5-7-11-21/h5-15H,4,16H2,1-3H3/b22-14-,26-24?. The first-order valence-electron chi connectivity index (χ1n) is 9.97. The van der Waals surface area contributed by atoms with Crippen molar-refractivity contribution in [3.63, 3.8) is 0 Å². The number of hydrogen-bond donors (Lipinski definition) is 0. The van der Waals surface area contributed by atoms with Crippen molar-refractivity contribution in [1.29, 1.82) is 0 Å². The number of thioether (sulfide) groups is 1. The number of benzene rings is 1. The Labute approximate surface area is 181 Å². The minimum atomic E-state index is -0.0279. The molecule has 0 bridgehead atoms. The highest BCUT2D eigenvalue weighted by Gasteiger charge is 2.33. The molecule has 0 aliphatic carbocycles. The molecule has 1 fully saturated rings. The summed E-state index contributed by atoms with van der Waals surface area (Å²) >= 11 is 1.43. The van der Waals surface area contributed by atoms with Crippen LogP contribution >= 0.6 is 11.8 Å². The number of amides is 1. The van der Waals surface area contributed by atoms with Crippen LogP contribution in [0.5, 0.6) is 0 Å². The molecule has 5 nitrogen and oxygen atoms in total. The van der Waals surface area contributed by atoms with E-state index in [1.807, 2.05) is 48.5 Å². The fourth-order valence-corrected chi connectivity index (χ4v) is 4.61. The van der Waals surface area contributed by atoms with Crippen molar-refractivity contribution in [3.05, 3.63) is 88.3 Å². The van der Waals surface area contributed by atoms with Crippen LogP contribution in [0.3, 0.4) is 0 Å². The third-order valence-electron chi connectivity index (χ3n) is 5.15. The monoisotopic (exact) mass is 416 g/mol. The molecule has 1 amide bonds. The Morgan fingerprint density at radius 2 is 1.93 bits per heavy atom. The molecule has 152 valence electrons. The van der Waals surface area contributed by atoms with Gasteiger partial charge in [0.2, 0.25) is 0 Å². The van der Waals surface area contributed by atoms with Gasteiger partial charge in [-0.05, 0) is 74.0 Å². The second-order valence-electron chi connectivity index (χ2n) is 7.16. The maximum atomic E-state index is 13.3. The van der Waals surface area contributed by atoms with E-state index in [0.29, 0.717) is 16.6 Å². The minimum Gasteiger partial charge on any atom is -0.349 e. The van der Waals surface area contributed by atoms with E-state index < -0.39 is 0 Å². The van der Waals surface area contributed by atoms with Gasteiger partial charge in [-0.2, -0.15) is 0 Å². The number of amidine groups is 1. The minimum absolute atomic E-state index is 0.0279. The number of carbonyl (C=O) groups is 1. The van der Waals surface area contributed by atoms with Gasteiger partial charge in [0.05, 0.1) is 17.1 Å². The number of carbonyl (C=O) groups excluding carboxylic acids is 1. The Morgan fingerprint density at radius 3 is 2.60 bits per heavy atom. The smallest absolute Gasteiger partial charge is 0.267 e. The summed E-state index contributed by atoms with van der Waals surface area (Å²) in [5.74, 6) is -0.0279. The van der Waals surface area contributed by atoms with Crippen molar-refractivity contribution >= 4 is 34.6 Å². The zero-order valence-corrected chi connectivity index (χ0v) is 18.2. The van der Waals surface area contributed by atoms with Gasteiger partial charge < -0.3 is 4.57 Å². The largest absolute Gasteiger partial charge is 0.349 e. The molecule has 1 aliphatic heterocycles. The number of para-hydroxylation sites is 1. The predicted molar refractivity (Wildman–Crippen MR) is 123 cm³/mol. The highest BCUT2D eigenvalue weighted by atomic mass is 32.2. The third-order valence-corrected chi connectivity index (χ3v) is 6.15. The van der Waals surface area contributed by atoms with Gasteiger partial charge in [0.15, 0.2) is 5.17 Å². The lowest BCUT2D eigenvalue weighted by Gasteiger charge is -2.15. The molecule has 0 atom stereocenters. The van der Waals surface area contributed by atoms with Gasteiger partial charge in [-0.3, -0.25) is 14.7 Å². The Bertz CT molecular complexity index is 1120. The highest BCUT2D eigenvalue weighted by Crippen LogP contribution is 2.35. The number of rotatable bonds is 5. The Hall–Kier alpha value is -3.12. The fraction of sp³-hybridized carbons (Fsp3) is 0.208. The first kappa shape index (κ1) is 20.2. The maximum Gasteiger partial charge on any atom is 0.267 e. The normalized spacial score (nSPS) is 16.8. The molecule has 6 heteroatoms. The average Bonchev–Trinajstić information content (AvgIpc) is 3.19. The van der Waals surface area contributed by atoms with Crippen molar-refractivity contribution in [2.24, 2.45) is 4.99 Å². The van der Waals surface area contributed by atoms with Gasteiger partial charge in [-0.25, -0.2) is 4.99 Å². The molecule has 30 heavy (non-hydrogen) atoms. The van der Waals surface area contributed by atoms with Gasteiger partial charge in [-0.1, -0.05) is 24.3 Å². The molecule has 1 saturated heterocycles. The van der Waals surface area contributed by atoms with E-state index in [-0.39, 0.29) is 5.91 Å². The summed E-state index contributed by atoms with van der Waals surface area (Å²) in [5, 5.41) is 0.686. The lowest BCUT2D eigenvalue weighted by molar-refractivity contribution is -0.122. The van der Waals surface area contributed by atoms with Crippen molar-refractivity contribution in [3.8, 4) is 0 Å². The van der Waals surface area contributed by atoms with E-state index >= 15 is 0 Å². The summed E-state index contributed by atoms with van der Waals surface area (Å²) in [6.07, 6.45) is 5.51. The average molecular weight is 417 g/mol. The SMILES string of the molecule is CCn1c(C)cc(/C=C2\SC(=Nc3ccccc3)N(Cc3cccnc3)C2=O)c1C. The summed E-state index contributed by atoms with van der Waals surface area (Å²) in [6.45, 7) is 7.68. The van der Waals surface area contributed by atoms with E-state index in [2.05, 4.69) is 36.4 Å². The van der Waals surface area contributed by atoms with E-state index in [0.717, 1.165) is 23.4 Å². The van der Waals surface area contributed by atoms with Crippen LogP contribution in [0.15, 0.2) is 70.8 Å². The molecule has 2 aromatic heterocycles. The molecular weight excluding hydrogens is 392 g/mol. The third kappa shape index (κ3) is 4.09. The Kier molecular flexibility index (Phi) is 5.86. The van der Waals surface area contributed by atoms with Crippen molar-refractivity contribution < 1.29 is 4.79 Å². The van der Waals surface area contributed by atoms with Crippen LogP contribution in [0.25, 0.3) is 6.08 Å². The Morgan fingerprint density at radius 1 is 1.13 bits per heavy atom. The second-order valence-corrected chi connectivity index (χ2v) is 8.17. The van der Waals surface area contributed by atoms with Crippen molar-refractivity contribution in [1.82, 2.24) is 14.5 Å². The Balaban J connectivity index is 1.72. The number of aromatic nitrogens is 2. The number of nitrogens with zero attached hydrogens (tertiary/aromatic N) is 4. The van der Waals surface area contributed by atoms with Crippen LogP contribution < -0.4 is 0 Å². The van der Waals surface area contributed by atoms with E-state index in [1.165, 1.54) is 23.1 Å². The molecule has 0 radical (unpaired) electrons. The summed E-state index contributed by atoms with van der Waals surface area (Å²) < 4.78 is 2.25. The molecule has 1 aromatic carbocycles. The van der Waals surface area contributed by atoms with Crippen LogP contribution in [-0.4, -0.2) is 25.5 Å². The molecule has 0 spiro atoms. The first-order valence-corrected chi connectivity index (χ1v) is 10.8. The molecular formula is C24H24N4OS. The molecule has 1 aliphatic rings. The van der Waals surface area contributed by atoms with E-state index in [4.69, 9.17) is 4.99 Å². The van der Waals surface area contributed by atoms with Crippen LogP contribution in [0, 0.1) is 13.8 Å². The van der Waals surface area contributed by atoms with Crippen LogP contribution in [0.2, 0.25) is 0 Å². The van der Waals surface area contributed by atoms with Gasteiger partial charge in [0.1, 0.15) is 0 Å². The van der Waals surface area contributed by atoms with Crippen molar-refractivity contribution in [2.45, 2.75) is 33.9 Å². The van der Waals surface area contributed by atoms with Crippen LogP contribution in [0.1, 0.15) is 29.4 Å². The second kappa shape index (κ2) is 8.71. The first-order chi connectivity index (χ1) is 14.6. The lowest BCUT2D eigenvalue weighted by atomic mass is 10.2. The van der Waals surface area contributed by atoms with E-state index in [1.54, 1.807) is 17.3 Å². The van der Waals surface area contributed by atoms with Gasteiger partial charge >= 0.3 is 0 Å². The molecule has 0 unspecified atom stereocenters.